The van der Waals surface area contributed by atoms with Gasteiger partial charge in [-0.3, -0.25) is 4.79 Å². The first kappa shape index (κ1) is 16.5. The van der Waals surface area contributed by atoms with Gasteiger partial charge in [-0.2, -0.15) is 4.31 Å². The highest BCUT2D eigenvalue weighted by atomic mass is 32.2. The molecule has 1 atom stereocenters. The van der Waals surface area contributed by atoms with Crippen LogP contribution in [-0.4, -0.2) is 44.0 Å². The van der Waals surface area contributed by atoms with Crippen LogP contribution in [-0.2, 0) is 14.8 Å². The minimum absolute atomic E-state index is 0.119. The fourth-order valence-electron chi connectivity index (χ4n) is 1.94. The Kier molecular flexibility index (Phi) is 4.77. The molecule has 7 heteroatoms. The molecule has 0 aromatic heterocycles. The highest BCUT2D eigenvalue weighted by Crippen LogP contribution is 2.28. The first-order valence-electron chi connectivity index (χ1n) is 5.99. The maximum atomic E-state index is 12.5. The molecule has 0 spiro atoms. The van der Waals surface area contributed by atoms with Gasteiger partial charge in [0, 0.05) is 7.05 Å². The van der Waals surface area contributed by atoms with Crippen LogP contribution in [0.4, 0.5) is 0 Å². The van der Waals surface area contributed by atoms with Crippen LogP contribution in [0.15, 0.2) is 17.0 Å². The van der Waals surface area contributed by atoms with Gasteiger partial charge < -0.3 is 9.84 Å². The molecule has 0 aliphatic carbocycles. The first-order valence-corrected chi connectivity index (χ1v) is 7.43. The van der Waals surface area contributed by atoms with Crippen molar-refractivity contribution in [3.63, 3.8) is 0 Å². The van der Waals surface area contributed by atoms with E-state index in [0.717, 1.165) is 4.31 Å². The molecule has 0 aliphatic heterocycles. The topological polar surface area (TPSA) is 83.9 Å². The summed E-state index contributed by atoms with van der Waals surface area (Å²) in [6, 6.07) is 2.08. The average molecular weight is 301 g/mol. The summed E-state index contributed by atoms with van der Waals surface area (Å²) < 4.78 is 31.0. The van der Waals surface area contributed by atoms with Crippen LogP contribution >= 0.6 is 0 Å². The summed E-state index contributed by atoms with van der Waals surface area (Å²) in [5.74, 6) is -0.632. The molecule has 1 aromatic rings. The maximum Gasteiger partial charge on any atom is 0.321 e. The predicted octanol–water partition coefficient (Wildman–Crippen LogP) is 1.41. The van der Waals surface area contributed by atoms with E-state index >= 15 is 0 Å². The van der Waals surface area contributed by atoms with Crippen LogP contribution in [0.3, 0.4) is 0 Å². The van der Waals surface area contributed by atoms with E-state index in [1.165, 1.54) is 21.1 Å². The van der Waals surface area contributed by atoms with Crippen LogP contribution < -0.4 is 4.74 Å². The number of nitrogens with zero attached hydrogens (tertiary/aromatic N) is 1. The smallest absolute Gasteiger partial charge is 0.321 e. The van der Waals surface area contributed by atoms with Crippen molar-refractivity contribution < 1.29 is 23.1 Å². The third-order valence-corrected chi connectivity index (χ3v) is 5.44. The minimum Gasteiger partial charge on any atom is -0.497 e. The molecule has 1 rings (SSSR count). The van der Waals surface area contributed by atoms with Gasteiger partial charge in [-0.05, 0) is 44.0 Å². The van der Waals surface area contributed by atoms with Gasteiger partial charge in [0.25, 0.3) is 0 Å². The van der Waals surface area contributed by atoms with E-state index in [-0.39, 0.29) is 4.90 Å². The molecule has 0 fully saturated rings. The lowest BCUT2D eigenvalue weighted by Gasteiger charge is -2.23. The van der Waals surface area contributed by atoms with Crippen molar-refractivity contribution in [2.75, 3.05) is 14.2 Å². The van der Waals surface area contributed by atoms with E-state index in [1.807, 2.05) is 0 Å². The van der Waals surface area contributed by atoms with Gasteiger partial charge in [-0.1, -0.05) is 0 Å². The SMILES string of the molecule is COc1cc(C)c(S(=O)(=O)N(C)C(C)C(=O)O)c(C)c1. The lowest BCUT2D eigenvalue weighted by atomic mass is 10.1. The van der Waals surface area contributed by atoms with E-state index in [9.17, 15) is 13.2 Å². The number of sulfonamides is 1. The second kappa shape index (κ2) is 5.80. The molecule has 0 bridgehead atoms. The minimum atomic E-state index is -3.87. The lowest BCUT2D eigenvalue weighted by molar-refractivity contribution is -0.140. The van der Waals surface area contributed by atoms with Gasteiger partial charge in [0.2, 0.25) is 10.0 Å². The highest BCUT2D eigenvalue weighted by Gasteiger charge is 2.31. The number of likely N-dealkylation sites (N-methyl/N-ethyl adjacent to an activating group) is 1. The van der Waals surface area contributed by atoms with Crippen molar-refractivity contribution in [1.82, 2.24) is 4.31 Å². The second-order valence-corrected chi connectivity index (χ2v) is 6.56. The zero-order valence-electron chi connectivity index (χ0n) is 12.2. The Morgan fingerprint density at radius 3 is 2.10 bits per heavy atom. The predicted molar refractivity (Wildman–Crippen MR) is 74.5 cm³/mol. The molecule has 1 unspecified atom stereocenters. The maximum absolute atomic E-state index is 12.5. The lowest BCUT2D eigenvalue weighted by Crippen LogP contribution is -2.40. The molecule has 1 N–H and O–H groups in total. The number of methoxy groups -OCH3 is 1. The number of rotatable bonds is 5. The monoisotopic (exact) mass is 301 g/mol. The molecule has 20 heavy (non-hydrogen) atoms. The van der Waals surface area contributed by atoms with Gasteiger partial charge in [0.15, 0.2) is 0 Å². The van der Waals surface area contributed by atoms with Crippen LogP contribution in [0.2, 0.25) is 0 Å². The first-order chi connectivity index (χ1) is 9.12. The van der Waals surface area contributed by atoms with Crippen LogP contribution in [0.5, 0.6) is 5.75 Å². The van der Waals surface area contributed by atoms with E-state index in [2.05, 4.69) is 0 Å². The van der Waals surface area contributed by atoms with Crippen molar-refractivity contribution in [2.24, 2.45) is 0 Å². The van der Waals surface area contributed by atoms with Crippen LogP contribution in [0.25, 0.3) is 0 Å². The summed E-state index contributed by atoms with van der Waals surface area (Å²) in [7, 11) is -1.11. The summed E-state index contributed by atoms with van der Waals surface area (Å²) >= 11 is 0. The quantitative estimate of drug-likeness (QED) is 0.889. The molecule has 6 nitrogen and oxygen atoms in total. The highest BCUT2D eigenvalue weighted by molar-refractivity contribution is 7.89. The van der Waals surface area contributed by atoms with E-state index in [4.69, 9.17) is 9.84 Å². The molecule has 0 saturated heterocycles. The standard InChI is InChI=1S/C13H19NO5S/c1-8-6-11(19-5)7-9(2)12(8)20(17,18)14(4)10(3)13(15)16/h6-7,10H,1-5H3,(H,15,16). The zero-order valence-corrected chi connectivity index (χ0v) is 13.0. The number of ether oxygens (including phenoxy) is 1. The van der Waals surface area contributed by atoms with Crippen molar-refractivity contribution in [1.29, 1.82) is 0 Å². The van der Waals surface area contributed by atoms with Gasteiger partial charge in [-0.15, -0.1) is 0 Å². The number of hydrogen-bond donors (Lipinski definition) is 1. The van der Waals surface area contributed by atoms with Crippen molar-refractivity contribution >= 4 is 16.0 Å². The van der Waals surface area contributed by atoms with E-state index < -0.39 is 22.0 Å². The fourth-order valence-corrected chi connectivity index (χ4v) is 3.67. The number of aryl methyl sites for hydroxylation is 2. The number of hydrogen-bond acceptors (Lipinski definition) is 4. The normalized spacial score (nSPS) is 13.3. The Labute approximate surface area is 119 Å². The largest absolute Gasteiger partial charge is 0.497 e. The average Bonchev–Trinajstić information content (AvgIpc) is 2.35. The molecular formula is C13H19NO5S. The Morgan fingerprint density at radius 1 is 1.30 bits per heavy atom. The molecule has 0 saturated carbocycles. The van der Waals surface area contributed by atoms with E-state index in [1.54, 1.807) is 26.0 Å². The number of benzene rings is 1. The van der Waals surface area contributed by atoms with Crippen molar-refractivity contribution in [2.45, 2.75) is 31.7 Å². The van der Waals surface area contributed by atoms with Crippen LogP contribution in [0.1, 0.15) is 18.1 Å². The summed E-state index contributed by atoms with van der Waals surface area (Å²) in [5.41, 5.74) is 1.04. The zero-order chi connectivity index (χ0) is 15.7. The summed E-state index contributed by atoms with van der Waals surface area (Å²) in [5, 5.41) is 8.96. The molecule has 0 radical (unpaired) electrons. The molecule has 1 aromatic carbocycles. The van der Waals surface area contributed by atoms with Gasteiger partial charge >= 0.3 is 5.97 Å². The molecule has 0 heterocycles. The van der Waals surface area contributed by atoms with E-state index in [0.29, 0.717) is 16.9 Å². The Bertz CT molecular complexity index is 601. The summed E-state index contributed by atoms with van der Waals surface area (Å²) in [4.78, 5) is 11.1. The Morgan fingerprint density at radius 2 is 1.75 bits per heavy atom. The van der Waals surface area contributed by atoms with Gasteiger partial charge in [-0.25, -0.2) is 8.42 Å². The third kappa shape index (κ3) is 2.94. The number of carboxylic acids is 1. The molecule has 0 amide bonds. The van der Waals surface area contributed by atoms with Crippen molar-refractivity contribution in [3.8, 4) is 5.75 Å². The second-order valence-electron chi connectivity index (χ2n) is 4.63. The van der Waals surface area contributed by atoms with Gasteiger partial charge in [0.1, 0.15) is 11.8 Å². The molecular weight excluding hydrogens is 282 g/mol. The summed E-state index contributed by atoms with van der Waals surface area (Å²) in [6.45, 7) is 4.64. The third-order valence-electron chi connectivity index (χ3n) is 3.21. The Hall–Kier alpha value is -1.60. The summed E-state index contributed by atoms with van der Waals surface area (Å²) in [6.07, 6.45) is 0. The Balaban J connectivity index is 3.40. The van der Waals surface area contributed by atoms with Gasteiger partial charge in [0.05, 0.1) is 12.0 Å². The molecule has 112 valence electrons. The van der Waals surface area contributed by atoms with Crippen molar-refractivity contribution in [3.05, 3.63) is 23.3 Å². The van der Waals surface area contributed by atoms with Crippen LogP contribution in [0, 0.1) is 13.8 Å². The number of aliphatic carboxylic acids is 1. The number of carbonyl (C=O) groups is 1. The molecule has 0 aliphatic rings. The fraction of sp³-hybridized carbons (Fsp3) is 0.462. The number of carboxylic acid groups (broad SMARTS) is 1.